The van der Waals surface area contributed by atoms with Gasteiger partial charge in [0.25, 0.3) is 0 Å². The molecule has 9 heteroatoms. The van der Waals surface area contributed by atoms with Gasteiger partial charge in [-0.05, 0) is 56.2 Å². The fraction of sp³-hybridized carbons (Fsp3) is 0.227. The van der Waals surface area contributed by atoms with E-state index in [-0.39, 0.29) is 11.7 Å². The Labute approximate surface area is 176 Å². The van der Waals surface area contributed by atoms with Crippen molar-refractivity contribution in [2.75, 3.05) is 6.61 Å². The first kappa shape index (κ1) is 22.1. The maximum atomic E-state index is 12.3. The Morgan fingerprint density at radius 2 is 1.68 bits per heavy atom. The number of esters is 1. The van der Waals surface area contributed by atoms with Gasteiger partial charge < -0.3 is 9.47 Å². The van der Waals surface area contributed by atoms with Crippen LogP contribution in [0, 0.1) is 0 Å². The van der Waals surface area contributed by atoms with Crippen molar-refractivity contribution in [2.24, 2.45) is 0 Å². The molecule has 2 aromatic carbocycles. The summed E-state index contributed by atoms with van der Waals surface area (Å²) in [7, 11) is 0. The number of ether oxygens (including phenoxy) is 2. The number of halogens is 3. The third-order valence-electron chi connectivity index (χ3n) is 4.55. The van der Waals surface area contributed by atoms with Crippen LogP contribution in [0.5, 0.6) is 5.75 Å². The number of hydrogen-bond donors (Lipinski definition) is 0. The van der Waals surface area contributed by atoms with E-state index in [0.717, 1.165) is 16.7 Å². The van der Waals surface area contributed by atoms with Gasteiger partial charge in [0.2, 0.25) is 0 Å². The highest BCUT2D eigenvalue weighted by atomic mass is 19.4. The molecule has 0 saturated heterocycles. The average Bonchev–Trinajstić information content (AvgIpc) is 3.22. The summed E-state index contributed by atoms with van der Waals surface area (Å²) in [5.41, 5.74) is 3.50. The van der Waals surface area contributed by atoms with Crippen molar-refractivity contribution < 1.29 is 27.4 Å². The van der Waals surface area contributed by atoms with Crippen molar-refractivity contribution in [3.8, 4) is 22.8 Å². The van der Waals surface area contributed by atoms with E-state index >= 15 is 0 Å². The summed E-state index contributed by atoms with van der Waals surface area (Å²) in [5, 5.41) is 4.37. The van der Waals surface area contributed by atoms with Gasteiger partial charge >= 0.3 is 12.3 Å². The molecular weight excluding hydrogens is 411 g/mol. The molecule has 162 valence electrons. The zero-order chi connectivity index (χ0) is 22.6. The molecule has 6 nitrogen and oxygen atoms in total. The monoisotopic (exact) mass is 431 g/mol. The second-order valence-corrected chi connectivity index (χ2v) is 6.60. The molecule has 0 amide bonds. The van der Waals surface area contributed by atoms with Crippen LogP contribution in [-0.4, -0.2) is 33.7 Å². The Kier molecular flexibility index (Phi) is 6.43. The largest absolute Gasteiger partial charge is 0.573 e. The van der Waals surface area contributed by atoms with Crippen molar-refractivity contribution in [2.45, 2.75) is 27.1 Å². The van der Waals surface area contributed by atoms with Crippen LogP contribution in [-0.2, 0) is 9.53 Å². The normalized spacial score (nSPS) is 12.3. The van der Waals surface area contributed by atoms with Gasteiger partial charge in [0, 0.05) is 11.1 Å². The van der Waals surface area contributed by atoms with Crippen LogP contribution in [0.15, 0.2) is 60.4 Å². The van der Waals surface area contributed by atoms with Crippen LogP contribution >= 0.6 is 0 Å². The lowest BCUT2D eigenvalue weighted by molar-refractivity contribution is -0.274. The van der Waals surface area contributed by atoms with E-state index in [1.807, 2.05) is 31.2 Å². The van der Waals surface area contributed by atoms with E-state index in [2.05, 4.69) is 14.8 Å². The van der Waals surface area contributed by atoms with E-state index < -0.39 is 6.36 Å². The van der Waals surface area contributed by atoms with Gasteiger partial charge in [0.15, 0.2) is 5.82 Å². The first-order chi connectivity index (χ1) is 14.7. The van der Waals surface area contributed by atoms with Crippen molar-refractivity contribution >= 4 is 11.5 Å². The molecule has 0 saturated carbocycles. The fourth-order valence-electron chi connectivity index (χ4n) is 2.80. The number of aromatic nitrogens is 3. The lowest BCUT2D eigenvalue weighted by atomic mass is 10.0. The van der Waals surface area contributed by atoms with Crippen LogP contribution in [0.1, 0.15) is 26.3 Å². The molecule has 3 rings (SSSR count). The second kappa shape index (κ2) is 9.03. The van der Waals surface area contributed by atoms with Gasteiger partial charge in [-0.25, -0.2) is 14.5 Å². The highest BCUT2D eigenvalue weighted by Crippen LogP contribution is 2.25. The van der Waals surface area contributed by atoms with Crippen LogP contribution < -0.4 is 4.74 Å². The minimum Gasteiger partial charge on any atom is -0.463 e. The number of carbonyl (C=O) groups excluding carboxylic acids is 1. The molecular formula is C22H20F3N3O3. The number of alkyl halides is 3. The summed E-state index contributed by atoms with van der Waals surface area (Å²) < 4.78 is 47.2. The molecule has 0 aliphatic carbocycles. The minimum atomic E-state index is -4.74. The summed E-state index contributed by atoms with van der Waals surface area (Å²) in [4.78, 5) is 16.2. The number of allylic oxidation sites excluding steroid dienone is 1. The SMILES string of the molecule is CCOC(=O)/C(C)=C(\C)c1ccc(-c2ncn(-c3ccc(OC(F)(F)F)cc3)n2)cc1. The molecule has 0 aliphatic heterocycles. The molecule has 0 spiro atoms. The maximum Gasteiger partial charge on any atom is 0.573 e. The first-order valence-electron chi connectivity index (χ1n) is 9.41. The van der Waals surface area contributed by atoms with Crippen LogP contribution in [0.2, 0.25) is 0 Å². The van der Waals surface area contributed by atoms with Gasteiger partial charge in [0.1, 0.15) is 12.1 Å². The van der Waals surface area contributed by atoms with E-state index in [1.165, 1.54) is 35.3 Å². The lowest BCUT2D eigenvalue weighted by Gasteiger charge is -2.09. The number of benzene rings is 2. The quantitative estimate of drug-likeness (QED) is 0.397. The summed E-state index contributed by atoms with van der Waals surface area (Å²) in [6.07, 6.45) is -3.27. The average molecular weight is 431 g/mol. The Morgan fingerprint density at radius 3 is 2.26 bits per heavy atom. The summed E-state index contributed by atoms with van der Waals surface area (Å²) in [5.74, 6) is -0.212. The molecule has 0 unspecified atom stereocenters. The van der Waals surface area contributed by atoms with Crippen LogP contribution in [0.3, 0.4) is 0 Å². The molecule has 0 atom stereocenters. The topological polar surface area (TPSA) is 66.2 Å². The van der Waals surface area contributed by atoms with E-state index in [9.17, 15) is 18.0 Å². The van der Waals surface area contributed by atoms with Gasteiger partial charge in [-0.3, -0.25) is 0 Å². The molecule has 1 aromatic heterocycles. The van der Waals surface area contributed by atoms with Crippen molar-refractivity contribution in [1.82, 2.24) is 14.8 Å². The van der Waals surface area contributed by atoms with Crippen molar-refractivity contribution in [3.05, 3.63) is 66.0 Å². The lowest BCUT2D eigenvalue weighted by Crippen LogP contribution is -2.17. The highest BCUT2D eigenvalue weighted by Gasteiger charge is 2.31. The molecule has 0 radical (unpaired) electrons. The van der Waals surface area contributed by atoms with Crippen molar-refractivity contribution in [3.63, 3.8) is 0 Å². The summed E-state index contributed by atoms with van der Waals surface area (Å²) in [6, 6.07) is 12.7. The first-order valence-corrected chi connectivity index (χ1v) is 9.41. The van der Waals surface area contributed by atoms with Crippen LogP contribution in [0.25, 0.3) is 22.6 Å². The van der Waals surface area contributed by atoms with Gasteiger partial charge in [-0.1, -0.05) is 24.3 Å². The van der Waals surface area contributed by atoms with Gasteiger partial charge in [-0.2, -0.15) is 0 Å². The Balaban J connectivity index is 1.77. The smallest absolute Gasteiger partial charge is 0.463 e. The maximum absolute atomic E-state index is 12.3. The van der Waals surface area contributed by atoms with E-state index in [0.29, 0.717) is 23.7 Å². The van der Waals surface area contributed by atoms with Crippen LogP contribution in [0.4, 0.5) is 13.2 Å². The molecule has 1 heterocycles. The predicted octanol–water partition coefficient (Wildman–Crippen LogP) is 5.19. The Bertz CT molecular complexity index is 1090. The van der Waals surface area contributed by atoms with Gasteiger partial charge in [0.05, 0.1) is 12.3 Å². The standard InChI is InChI=1S/C22H20F3N3O3/c1-4-30-21(29)15(3)14(2)16-5-7-17(8-6-16)20-26-13-28(27-20)18-9-11-19(12-10-18)31-22(23,24)25/h5-13H,4H2,1-3H3/b15-14+. The predicted molar refractivity (Wildman–Crippen MR) is 108 cm³/mol. The van der Waals surface area contributed by atoms with E-state index in [1.54, 1.807) is 13.8 Å². The molecule has 0 bridgehead atoms. The zero-order valence-corrected chi connectivity index (χ0v) is 17.1. The molecule has 31 heavy (non-hydrogen) atoms. The second-order valence-electron chi connectivity index (χ2n) is 6.60. The third-order valence-corrected chi connectivity index (χ3v) is 4.55. The molecule has 0 N–H and O–H groups in total. The highest BCUT2D eigenvalue weighted by molar-refractivity contribution is 5.96. The number of rotatable bonds is 6. The molecule has 0 aliphatic rings. The van der Waals surface area contributed by atoms with Gasteiger partial charge in [-0.15, -0.1) is 18.3 Å². The number of carbonyl (C=O) groups is 1. The molecule has 3 aromatic rings. The van der Waals surface area contributed by atoms with E-state index in [4.69, 9.17) is 4.74 Å². The summed E-state index contributed by atoms with van der Waals surface area (Å²) in [6.45, 7) is 5.64. The number of nitrogens with zero attached hydrogens (tertiary/aromatic N) is 3. The third kappa shape index (κ3) is 5.50. The Hall–Kier alpha value is -3.62. The Morgan fingerprint density at radius 1 is 1.03 bits per heavy atom. The minimum absolute atomic E-state index is 0.311. The fourth-order valence-corrected chi connectivity index (χ4v) is 2.80. The molecule has 0 fully saturated rings. The summed E-state index contributed by atoms with van der Waals surface area (Å²) >= 11 is 0. The number of hydrogen-bond acceptors (Lipinski definition) is 5. The van der Waals surface area contributed by atoms with Crippen molar-refractivity contribution in [1.29, 1.82) is 0 Å². The zero-order valence-electron chi connectivity index (χ0n) is 17.1.